The van der Waals surface area contributed by atoms with Gasteiger partial charge in [-0.15, -0.1) is 0 Å². The summed E-state index contributed by atoms with van der Waals surface area (Å²) in [5.41, 5.74) is 1.78. The molecule has 1 N–H and O–H groups in total. The number of nitrogens with one attached hydrogen (secondary N) is 1. The molecule has 0 aliphatic rings. The highest BCUT2D eigenvalue weighted by molar-refractivity contribution is 6.04. The Bertz CT molecular complexity index is 640. The Hall–Kier alpha value is -2.80. The van der Waals surface area contributed by atoms with Gasteiger partial charge in [0.25, 0.3) is 5.91 Å². The number of carbonyl (C=O) groups is 1. The molecule has 0 atom stereocenters. The molecule has 0 spiro atoms. The summed E-state index contributed by atoms with van der Waals surface area (Å²) in [5.74, 6) is 0.563. The molecule has 4 nitrogen and oxygen atoms in total. The smallest absolute Gasteiger partial charge is 0.255 e. The summed E-state index contributed by atoms with van der Waals surface area (Å²) in [6.07, 6.45) is 0.945. The average molecular weight is 280 g/mol. The van der Waals surface area contributed by atoms with Crippen LogP contribution in [0.15, 0.2) is 48.5 Å². The van der Waals surface area contributed by atoms with Gasteiger partial charge < -0.3 is 10.1 Å². The number of hydrogen-bond donors (Lipinski definition) is 1. The van der Waals surface area contributed by atoms with Crippen LogP contribution in [0.1, 0.15) is 29.3 Å². The zero-order valence-electron chi connectivity index (χ0n) is 11.8. The molecule has 2 aromatic rings. The lowest BCUT2D eigenvalue weighted by Gasteiger charge is -2.07. The van der Waals surface area contributed by atoms with E-state index in [2.05, 4.69) is 5.32 Å². The zero-order chi connectivity index (χ0) is 15.1. The fourth-order valence-electron chi connectivity index (χ4n) is 1.75. The first-order chi connectivity index (χ1) is 10.2. The van der Waals surface area contributed by atoms with Gasteiger partial charge in [0.15, 0.2) is 0 Å². The number of nitriles is 1. The van der Waals surface area contributed by atoms with Crippen LogP contribution in [0.3, 0.4) is 0 Å². The predicted molar refractivity (Wildman–Crippen MR) is 81.3 cm³/mol. The molecule has 0 bridgehead atoms. The maximum absolute atomic E-state index is 12.1. The topological polar surface area (TPSA) is 62.1 Å². The Labute approximate surface area is 124 Å². The molecule has 0 aliphatic carbocycles. The van der Waals surface area contributed by atoms with E-state index in [1.807, 2.05) is 13.0 Å². The summed E-state index contributed by atoms with van der Waals surface area (Å²) in [5, 5.41) is 11.5. The first-order valence-corrected chi connectivity index (χ1v) is 6.77. The molecule has 106 valence electrons. The van der Waals surface area contributed by atoms with Crippen molar-refractivity contribution in [2.45, 2.75) is 13.3 Å². The average Bonchev–Trinajstić information content (AvgIpc) is 2.54. The van der Waals surface area contributed by atoms with E-state index in [0.717, 1.165) is 12.2 Å². The van der Waals surface area contributed by atoms with Crippen LogP contribution >= 0.6 is 0 Å². The van der Waals surface area contributed by atoms with Crippen LogP contribution in [-0.4, -0.2) is 12.5 Å². The molecule has 0 unspecified atom stereocenters. The minimum atomic E-state index is -0.193. The lowest BCUT2D eigenvalue weighted by Crippen LogP contribution is -2.11. The van der Waals surface area contributed by atoms with Crippen LogP contribution in [0.2, 0.25) is 0 Å². The van der Waals surface area contributed by atoms with Crippen molar-refractivity contribution in [2.75, 3.05) is 11.9 Å². The van der Waals surface area contributed by atoms with Gasteiger partial charge in [0.1, 0.15) is 5.75 Å². The highest BCUT2D eigenvalue weighted by atomic mass is 16.5. The second kappa shape index (κ2) is 7.11. The fourth-order valence-corrected chi connectivity index (χ4v) is 1.75. The summed E-state index contributed by atoms with van der Waals surface area (Å²) in [6, 6.07) is 15.8. The van der Waals surface area contributed by atoms with Gasteiger partial charge in [-0.1, -0.05) is 6.92 Å². The van der Waals surface area contributed by atoms with E-state index in [0.29, 0.717) is 23.4 Å². The molecule has 0 aromatic heterocycles. The fraction of sp³-hybridized carbons (Fsp3) is 0.176. The Morgan fingerprint density at radius 3 is 2.38 bits per heavy atom. The first kappa shape index (κ1) is 14.6. The number of ether oxygens (including phenoxy) is 1. The van der Waals surface area contributed by atoms with Gasteiger partial charge >= 0.3 is 0 Å². The molecule has 2 aromatic carbocycles. The molecule has 21 heavy (non-hydrogen) atoms. The van der Waals surface area contributed by atoms with Crippen LogP contribution in [-0.2, 0) is 0 Å². The number of hydrogen-bond acceptors (Lipinski definition) is 3. The summed E-state index contributed by atoms with van der Waals surface area (Å²) in [6.45, 7) is 2.70. The van der Waals surface area contributed by atoms with Crippen LogP contribution in [0.4, 0.5) is 5.69 Å². The van der Waals surface area contributed by atoms with Gasteiger partial charge in [0.05, 0.1) is 18.2 Å². The van der Waals surface area contributed by atoms with Gasteiger partial charge in [-0.25, -0.2) is 0 Å². The van der Waals surface area contributed by atoms with Crippen molar-refractivity contribution in [3.63, 3.8) is 0 Å². The van der Waals surface area contributed by atoms with Gasteiger partial charge in [-0.3, -0.25) is 4.79 Å². The van der Waals surface area contributed by atoms with Crippen molar-refractivity contribution in [3.8, 4) is 11.8 Å². The molecule has 0 fully saturated rings. The van der Waals surface area contributed by atoms with E-state index in [-0.39, 0.29) is 5.91 Å². The van der Waals surface area contributed by atoms with E-state index in [9.17, 15) is 4.79 Å². The maximum Gasteiger partial charge on any atom is 0.255 e. The Balaban J connectivity index is 2.00. The number of amides is 1. The van der Waals surface area contributed by atoms with Crippen molar-refractivity contribution in [2.24, 2.45) is 0 Å². The third kappa shape index (κ3) is 4.08. The second-order valence-corrected chi connectivity index (χ2v) is 4.52. The van der Waals surface area contributed by atoms with Crippen molar-refractivity contribution in [1.29, 1.82) is 5.26 Å². The molecular weight excluding hydrogens is 264 g/mol. The molecule has 1 amide bonds. The van der Waals surface area contributed by atoms with Crippen LogP contribution in [0, 0.1) is 11.3 Å². The minimum Gasteiger partial charge on any atom is -0.494 e. The van der Waals surface area contributed by atoms with E-state index >= 15 is 0 Å². The third-order valence-electron chi connectivity index (χ3n) is 2.86. The molecule has 4 heteroatoms. The van der Waals surface area contributed by atoms with E-state index in [1.165, 1.54) is 0 Å². The molecular formula is C17H16N2O2. The van der Waals surface area contributed by atoms with Gasteiger partial charge in [0.2, 0.25) is 0 Å². The van der Waals surface area contributed by atoms with Crippen molar-refractivity contribution in [1.82, 2.24) is 0 Å². The minimum absolute atomic E-state index is 0.193. The Kier molecular flexibility index (Phi) is 4.94. The largest absolute Gasteiger partial charge is 0.494 e. The van der Waals surface area contributed by atoms with Gasteiger partial charge in [0, 0.05) is 11.3 Å². The van der Waals surface area contributed by atoms with Gasteiger partial charge in [-0.05, 0) is 55.0 Å². The second-order valence-electron chi connectivity index (χ2n) is 4.52. The van der Waals surface area contributed by atoms with E-state index < -0.39 is 0 Å². The maximum atomic E-state index is 12.1. The standard InChI is InChI=1S/C17H16N2O2/c1-2-11-21-16-9-5-14(6-10-16)17(20)19-15-7-3-13(12-18)4-8-15/h3-10H,2,11H2,1H3,(H,19,20). The molecule has 2 rings (SSSR count). The van der Waals surface area contributed by atoms with Crippen molar-refractivity contribution in [3.05, 3.63) is 59.7 Å². The summed E-state index contributed by atoms with van der Waals surface area (Å²) in [4.78, 5) is 12.1. The van der Waals surface area contributed by atoms with E-state index in [4.69, 9.17) is 10.00 Å². The number of carbonyl (C=O) groups excluding carboxylic acids is 1. The van der Waals surface area contributed by atoms with Crippen molar-refractivity contribution >= 4 is 11.6 Å². The Morgan fingerprint density at radius 2 is 1.81 bits per heavy atom. The van der Waals surface area contributed by atoms with Crippen LogP contribution in [0.5, 0.6) is 5.75 Å². The lowest BCUT2D eigenvalue weighted by atomic mass is 10.2. The molecule has 0 heterocycles. The third-order valence-corrected chi connectivity index (χ3v) is 2.86. The monoisotopic (exact) mass is 280 g/mol. The van der Waals surface area contributed by atoms with Crippen LogP contribution < -0.4 is 10.1 Å². The number of nitrogens with zero attached hydrogens (tertiary/aromatic N) is 1. The number of rotatable bonds is 5. The first-order valence-electron chi connectivity index (χ1n) is 6.77. The molecule has 0 aliphatic heterocycles. The highest BCUT2D eigenvalue weighted by Crippen LogP contribution is 2.15. The summed E-state index contributed by atoms with van der Waals surface area (Å²) >= 11 is 0. The predicted octanol–water partition coefficient (Wildman–Crippen LogP) is 3.60. The summed E-state index contributed by atoms with van der Waals surface area (Å²) in [7, 11) is 0. The zero-order valence-corrected chi connectivity index (χ0v) is 11.8. The number of benzene rings is 2. The van der Waals surface area contributed by atoms with Crippen LogP contribution in [0.25, 0.3) is 0 Å². The highest BCUT2D eigenvalue weighted by Gasteiger charge is 2.06. The molecule has 0 saturated carbocycles. The SMILES string of the molecule is CCCOc1ccc(C(=O)Nc2ccc(C#N)cc2)cc1. The lowest BCUT2D eigenvalue weighted by molar-refractivity contribution is 0.102. The van der Waals surface area contributed by atoms with Crippen molar-refractivity contribution < 1.29 is 9.53 Å². The number of anilines is 1. The summed E-state index contributed by atoms with van der Waals surface area (Å²) < 4.78 is 5.47. The molecule has 0 saturated heterocycles. The van der Waals surface area contributed by atoms with E-state index in [1.54, 1.807) is 48.5 Å². The normalized spacial score (nSPS) is 9.71. The Morgan fingerprint density at radius 1 is 1.14 bits per heavy atom. The quantitative estimate of drug-likeness (QED) is 0.910. The molecule has 0 radical (unpaired) electrons. The van der Waals surface area contributed by atoms with Gasteiger partial charge in [-0.2, -0.15) is 5.26 Å².